The van der Waals surface area contributed by atoms with Gasteiger partial charge in [-0.2, -0.15) is 0 Å². The van der Waals surface area contributed by atoms with Crippen molar-refractivity contribution in [2.75, 3.05) is 0 Å². The van der Waals surface area contributed by atoms with Crippen LogP contribution >= 0.6 is 0 Å². The maximum Gasteiger partial charge on any atom is 0.296 e. The Balaban J connectivity index is 1.66. The van der Waals surface area contributed by atoms with Crippen LogP contribution in [0.1, 0.15) is 110 Å². The smallest absolute Gasteiger partial charge is 0.244 e. The standard InChI is InChI=1S/C20H38N2/c1-2-3-4-5-6-7-8-9-10-11-12-13-14-15-16-17-20-21-18-19-22-20/h18-19,21H,2-17H2,1H3/q+1. The van der Waals surface area contributed by atoms with Gasteiger partial charge < -0.3 is 0 Å². The molecule has 2 nitrogen and oxygen atoms in total. The topological polar surface area (TPSA) is 26.1 Å². The van der Waals surface area contributed by atoms with Gasteiger partial charge >= 0.3 is 0 Å². The quantitative estimate of drug-likeness (QED) is 0.345. The predicted molar refractivity (Wildman–Crippen MR) is 99.0 cm³/mol. The zero-order valence-electron chi connectivity index (χ0n) is 14.9. The second-order valence-electron chi connectivity index (χ2n) is 6.74. The van der Waals surface area contributed by atoms with Crippen LogP contribution in [-0.2, 0) is 0 Å². The highest BCUT2D eigenvalue weighted by atomic mass is 15.0. The summed E-state index contributed by atoms with van der Waals surface area (Å²) in [6, 6.07) is 0. The van der Waals surface area contributed by atoms with Gasteiger partial charge in [0.1, 0.15) is 6.20 Å². The van der Waals surface area contributed by atoms with Gasteiger partial charge in [0.25, 0.3) is 5.84 Å². The zero-order chi connectivity index (χ0) is 15.7. The van der Waals surface area contributed by atoms with Gasteiger partial charge in [0.05, 0.1) is 6.42 Å². The summed E-state index contributed by atoms with van der Waals surface area (Å²) in [7, 11) is 0. The molecule has 0 aliphatic carbocycles. The van der Waals surface area contributed by atoms with E-state index in [-0.39, 0.29) is 0 Å². The van der Waals surface area contributed by atoms with E-state index < -0.39 is 0 Å². The number of unbranched alkanes of at least 4 members (excludes halogenated alkanes) is 14. The summed E-state index contributed by atoms with van der Waals surface area (Å²) >= 11 is 0. The molecule has 0 saturated heterocycles. The Kier molecular flexibility index (Phi) is 13.2. The third kappa shape index (κ3) is 11.8. The first-order valence-corrected chi connectivity index (χ1v) is 9.91. The van der Waals surface area contributed by atoms with Crippen LogP contribution in [0.25, 0.3) is 0 Å². The summed E-state index contributed by atoms with van der Waals surface area (Å²) in [5, 5.41) is 3.18. The summed E-state index contributed by atoms with van der Waals surface area (Å²) < 4.78 is 0. The lowest BCUT2D eigenvalue weighted by Crippen LogP contribution is -2.15. The van der Waals surface area contributed by atoms with Crippen molar-refractivity contribution in [3.8, 4) is 0 Å². The van der Waals surface area contributed by atoms with Crippen molar-refractivity contribution in [2.45, 2.75) is 110 Å². The molecule has 0 unspecified atom stereocenters. The molecule has 0 saturated carbocycles. The lowest BCUT2D eigenvalue weighted by molar-refractivity contribution is 0.533. The molecule has 1 aliphatic rings. The fraction of sp³-hybridized carbons (Fsp3) is 0.850. The summed E-state index contributed by atoms with van der Waals surface area (Å²) in [6.07, 6.45) is 26.3. The molecule has 1 aliphatic heterocycles. The minimum absolute atomic E-state index is 1.12. The number of rotatable bonds is 16. The molecule has 1 radical (unpaired) electrons. The third-order valence-electron chi connectivity index (χ3n) is 4.57. The Morgan fingerprint density at radius 2 is 1.14 bits per heavy atom. The van der Waals surface area contributed by atoms with Crippen LogP contribution in [0.2, 0.25) is 0 Å². The zero-order valence-corrected chi connectivity index (χ0v) is 14.9. The average molecular weight is 307 g/mol. The Morgan fingerprint density at radius 1 is 0.682 bits per heavy atom. The highest BCUT2D eigenvalue weighted by molar-refractivity contribution is 5.83. The highest BCUT2D eigenvalue weighted by Gasteiger charge is 2.09. The lowest BCUT2D eigenvalue weighted by atomic mass is 10.0. The Labute approximate surface area is 138 Å². The third-order valence-corrected chi connectivity index (χ3v) is 4.57. The molecule has 127 valence electrons. The summed E-state index contributed by atoms with van der Waals surface area (Å²) in [6.45, 7) is 2.29. The Hall–Kier alpha value is -0.790. The van der Waals surface area contributed by atoms with Gasteiger partial charge in [0, 0.05) is 0 Å². The number of hydrogen-bond acceptors (Lipinski definition) is 2. The van der Waals surface area contributed by atoms with Gasteiger partial charge in [-0.05, 0) is 6.42 Å². The van der Waals surface area contributed by atoms with Gasteiger partial charge in [-0.1, -0.05) is 102 Å². The van der Waals surface area contributed by atoms with Gasteiger partial charge in [-0.25, -0.2) is 5.32 Å². The van der Waals surface area contributed by atoms with Crippen molar-refractivity contribution in [3.63, 3.8) is 0 Å². The van der Waals surface area contributed by atoms with Crippen LogP contribution in [0, 0.1) is 0 Å². The van der Waals surface area contributed by atoms with E-state index in [0.717, 1.165) is 12.3 Å². The number of amidine groups is 1. The molecule has 0 bridgehead atoms. The molecule has 0 aromatic rings. The van der Waals surface area contributed by atoms with Crippen LogP contribution in [0.4, 0.5) is 0 Å². The molecule has 0 spiro atoms. The van der Waals surface area contributed by atoms with E-state index in [4.69, 9.17) is 0 Å². The fourth-order valence-electron chi connectivity index (χ4n) is 3.10. The molecule has 0 atom stereocenters. The molecule has 1 heterocycles. The minimum Gasteiger partial charge on any atom is -0.244 e. The Bertz CT molecular complexity index is 294. The van der Waals surface area contributed by atoms with E-state index >= 15 is 0 Å². The molecule has 2 heteroatoms. The molecular formula is C20H38N2+. The van der Waals surface area contributed by atoms with Gasteiger partial charge in [0.15, 0.2) is 6.20 Å². The van der Waals surface area contributed by atoms with E-state index in [1.807, 2.05) is 12.4 Å². The summed E-state index contributed by atoms with van der Waals surface area (Å²) in [5.41, 5.74) is 0. The van der Waals surface area contributed by atoms with Crippen molar-refractivity contribution in [2.24, 2.45) is 0 Å². The van der Waals surface area contributed by atoms with Gasteiger partial charge in [-0.15, -0.1) is 0 Å². The first-order valence-electron chi connectivity index (χ1n) is 9.91. The van der Waals surface area contributed by atoms with Crippen molar-refractivity contribution >= 4 is 5.84 Å². The molecule has 0 aromatic heterocycles. The number of aliphatic imine (C=N–C) groups is 1. The van der Waals surface area contributed by atoms with Crippen molar-refractivity contribution in [1.29, 1.82) is 0 Å². The van der Waals surface area contributed by atoms with E-state index in [0.29, 0.717) is 0 Å². The molecule has 0 amide bonds. The van der Waals surface area contributed by atoms with Crippen LogP contribution in [0.3, 0.4) is 0 Å². The maximum absolute atomic E-state index is 4.26. The molecule has 1 rings (SSSR count). The van der Waals surface area contributed by atoms with Crippen LogP contribution < -0.4 is 10.3 Å². The van der Waals surface area contributed by atoms with Crippen molar-refractivity contribution < 1.29 is 0 Å². The second kappa shape index (κ2) is 15.1. The van der Waals surface area contributed by atoms with Gasteiger partial charge in [0.2, 0.25) is 0 Å². The van der Waals surface area contributed by atoms with E-state index in [9.17, 15) is 0 Å². The normalized spacial score (nSPS) is 13.4. The molecule has 0 fully saturated rings. The predicted octanol–water partition coefficient (Wildman–Crippen LogP) is 6.06. The first kappa shape index (κ1) is 19.3. The fourth-order valence-corrected chi connectivity index (χ4v) is 3.10. The van der Waals surface area contributed by atoms with Crippen molar-refractivity contribution in [3.05, 3.63) is 12.4 Å². The maximum atomic E-state index is 4.26. The van der Waals surface area contributed by atoms with Crippen molar-refractivity contribution in [1.82, 2.24) is 10.3 Å². The monoisotopic (exact) mass is 306 g/mol. The van der Waals surface area contributed by atoms with E-state index in [1.54, 1.807) is 0 Å². The molecule has 22 heavy (non-hydrogen) atoms. The minimum atomic E-state index is 1.12. The van der Waals surface area contributed by atoms with E-state index in [2.05, 4.69) is 17.2 Å². The number of hydrogen-bond donors (Lipinski definition) is 1. The number of nitrogens with zero attached hydrogens (tertiary/aromatic N) is 1. The van der Waals surface area contributed by atoms with E-state index in [1.165, 1.54) is 96.3 Å². The largest absolute Gasteiger partial charge is 0.296 e. The van der Waals surface area contributed by atoms with Crippen LogP contribution in [0.5, 0.6) is 0 Å². The summed E-state index contributed by atoms with van der Waals surface area (Å²) in [4.78, 5) is 4.26. The molecule has 0 aromatic carbocycles. The number of nitrogens with one attached hydrogen (secondary N) is 1. The Morgan fingerprint density at radius 3 is 1.55 bits per heavy atom. The second-order valence-corrected chi connectivity index (χ2v) is 6.74. The molecular weight excluding hydrogens is 268 g/mol. The summed E-state index contributed by atoms with van der Waals surface area (Å²) in [5.74, 6) is 1.15. The SMILES string of the molecule is CCCCCCCCCCCCCCCCCC1=[N+]C=CN1. The van der Waals surface area contributed by atoms with Crippen LogP contribution in [-0.4, -0.2) is 5.84 Å². The lowest BCUT2D eigenvalue weighted by Gasteiger charge is -2.03. The molecule has 1 N–H and O–H groups in total. The van der Waals surface area contributed by atoms with Gasteiger partial charge in [-0.3, -0.25) is 0 Å². The van der Waals surface area contributed by atoms with Crippen LogP contribution in [0.15, 0.2) is 12.4 Å². The highest BCUT2D eigenvalue weighted by Crippen LogP contribution is 2.13. The first-order chi connectivity index (χ1) is 10.9. The average Bonchev–Trinajstić information content (AvgIpc) is 3.04.